The van der Waals surface area contributed by atoms with Gasteiger partial charge < -0.3 is 4.57 Å². The second-order valence-electron chi connectivity index (χ2n) is 9.57. The van der Waals surface area contributed by atoms with E-state index in [1.54, 1.807) is 0 Å². The van der Waals surface area contributed by atoms with E-state index >= 15 is 0 Å². The number of nitrogens with zero attached hydrogens (tertiary/aromatic N) is 1. The fourth-order valence-corrected chi connectivity index (χ4v) is 4.16. The molecule has 0 bridgehead atoms. The van der Waals surface area contributed by atoms with Crippen molar-refractivity contribution in [2.24, 2.45) is 0 Å². The van der Waals surface area contributed by atoms with Crippen molar-refractivity contribution in [3.05, 3.63) is 77.9 Å². The van der Waals surface area contributed by atoms with Gasteiger partial charge in [-0.1, -0.05) is 96.1 Å². The Balaban J connectivity index is 2.31. The van der Waals surface area contributed by atoms with Gasteiger partial charge in [-0.25, -0.2) is 0 Å². The summed E-state index contributed by atoms with van der Waals surface area (Å²) >= 11 is 0. The molecule has 0 aliphatic rings. The highest BCUT2D eigenvalue weighted by Gasteiger charge is 2.26. The predicted octanol–water partition coefficient (Wildman–Crippen LogP) is 7.38. The molecule has 1 nitrogen and oxygen atoms in total. The highest BCUT2D eigenvalue weighted by atomic mass is 15.0. The van der Waals surface area contributed by atoms with Crippen LogP contribution in [0, 0.1) is 0 Å². The Hall–Kier alpha value is -2.54. The van der Waals surface area contributed by atoms with Crippen LogP contribution in [0.3, 0.4) is 0 Å². The molecule has 0 radical (unpaired) electrons. The second-order valence-corrected chi connectivity index (χ2v) is 9.57. The van der Waals surface area contributed by atoms with Crippen LogP contribution in [0.15, 0.2) is 66.7 Å². The Bertz CT molecular complexity index is 1050. The van der Waals surface area contributed by atoms with Crippen LogP contribution in [0.2, 0.25) is 0 Å². The SMILES string of the molecule is CC(C)(C)c1cccc2c3cccc(C(C)(C)C)c3n(-c3ccccc3)c12. The summed E-state index contributed by atoms with van der Waals surface area (Å²) in [6, 6.07) is 24.3. The van der Waals surface area contributed by atoms with E-state index in [9.17, 15) is 0 Å². The van der Waals surface area contributed by atoms with Gasteiger partial charge in [-0.15, -0.1) is 0 Å². The van der Waals surface area contributed by atoms with Crippen LogP contribution < -0.4 is 0 Å². The van der Waals surface area contributed by atoms with Crippen molar-refractivity contribution in [2.75, 3.05) is 0 Å². The molecule has 0 spiro atoms. The summed E-state index contributed by atoms with van der Waals surface area (Å²) in [7, 11) is 0. The molecular formula is C26H29N. The van der Waals surface area contributed by atoms with Gasteiger partial charge in [0.15, 0.2) is 0 Å². The molecule has 1 heterocycles. The van der Waals surface area contributed by atoms with E-state index < -0.39 is 0 Å². The lowest BCUT2D eigenvalue weighted by Crippen LogP contribution is -2.15. The average molecular weight is 356 g/mol. The van der Waals surface area contributed by atoms with Crippen LogP contribution in [-0.4, -0.2) is 4.57 Å². The molecule has 138 valence electrons. The summed E-state index contributed by atoms with van der Waals surface area (Å²) in [5.41, 5.74) is 6.82. The first-order valence-corrected chi connectivity index (χ1v) is 9.82. The number of rotatable bonds is 1. The molecule has 0 unspecified atom stereocenters. The number of hydrogen-bond acceptors (Lipinski definition) is 0. The van der Waals surface area contributed by atoms with Gasteiger partial charge in [-0.3, -0.25) is 0 Å². The first-order valence-electron chi connectivity index (χ1n) is 9.82. The van der Waals surface area contributed by atoms with E-state index in [2.05, 4.69) is 113 Å². The lowest BCUT2D eigenvalue weighted by atomic mass is 9.85. The maximum atomic E-state index is 2.49. The molecule has 0 saturated heterocycles. The first-order chi connectivity index (χ1) is 12.7. The fourth-order valence-electron chi connectivity index (χ4n) is 4.16. The number of aromatic nitrogens is 1. The Morgan fingerprint density at radius 2 is 0.963 bits per heavy atom. The molecule has 27 heavy (non-hydrogen) atoms. The molecule has 0 aliphatic heterocycles. The molecule has 0 aliphatic carbocycles. The summed E-state index contributed by atoms with van der Waals surface area (Å²) in [6.07, 6.45) is 0. The molecule has 0 atom stereocenters. The number of fused-ring (bicyclic) bond motifs is 3. The van der Waals surface area contributed by atoms with Crippen molar-refractivity contribution in [3.63, 3.8) is 0 Å². The van der Waals surface area contributed by atoms with Crippen molar-refractivity contribution in [2.45, 2.75) is 52.4 Å². The van der Waals surface area contributed by atoms with Crippen LogP contribution in [0.25, 0.3) is 27.5 Å². The van der Waals surface area contributed by atoms with Gasteiger partial charge in [-0.2, -0.15) is 0 Å². The quantitative estimate of drug-likeness (QED) is 0.336. The Morgan fingerprint density at radius 3 is 1.37 bits per heavy atom. The molecule has 1 heteroatoms. The number of para-hydroxylation sites is 3. The molecule has 0 amide bonds. The third kappa shape index (κ3) is 2.86. The van der Waals surface area contributed by atoms with E-state index in [0.29, 0.717) is 0 Å². The summed E-state index contributed by atoms with van der Waals surface area (Å²) in [6.45, 7) is 13.8. The minimum absolute atomic E-state index is 0.0717. The molecule has 4 rings (SSSR count). The summed E-state index contributed by atoms with van der Waals surface area (Å²) in [5.74, 6) is 0. The average Bonchev–Trinajstić information content (AvgIpc) is 2.95. The molecule has 4 aromatic rings. The van der Waals surface area contributed by atoms with Gasteiger partial charge in [0.2, 0.25) is 0 Å². The van der Waals surface area contributed by atoms with Crippen LogP contribution >= 0.6 is 0 Å². The Labute approximate surface area is 162 Å². The van der Waals surface area contributed by atoms with Crippen LogP contribution in [-0.2, 0) is 10.8 Å². The fraction of sp³-hybridized carbons (Fsp3) is 0.308. The lowest BCUT2D eigenvalue weighted by Gasteiger charge is -2.24. The van der Waals surface area contributed by atoms with E-state index in [0.717, 1.165) is 0 Å². The van der Waals surface area contributed by atoms with Crippen molar-refractivity contribution in [1.29, 1.82) is 0 Å². The minimum Gasteiger partial charge on any atom is -0.309 e. The van der Waals surface area contributed by atoms with E-state index in [1.807, 2.05) is 0 Å². The normalized spacial score (nSPS) is 12.8. The van der Waals surface area contributed by atoms with Crippen molar-refractivity contribution >= 4 is 21.8 Å². The second kappa shape index (κ2) is 5.99. The van der Waals surface area contributed by atoms with Gasteiger partial charge >= 0.3 is 0 Å². The van der Waals surface area contributed by atoms with Crippen molar-refractivity contribution in [3.8, 4) is 5.69 Å². The Morgan fingerprint density at radius 1 is 0.519 bits per heavy atom. The summed E-state index contributed by atoms with van der Waals surface area (Å²) < 4.78 is 2.49. The first kappa shape index (κ1) is 17.9. The Kier molecular flexibility index (Phi) is 3.96. The van der Waals surface area contributed by atoms with Gasteiger partial charge in [0.05, 0.1) is 11.0 Å². The monoisotopic (exact) mass is 355 g/mol. The van der Waals surface area contributed by atoms with E-state index in [1.165, 1.54) is 38.6 Å². The molecule has 0 saturated carbocycles. The minimum atomic E-state index is 0.0717. The summed E-state index contributed by atoms with van der Waals surface area (Å²) in [5, 5.41) is 2.68. The maximum Gasteiger partial charge on any atom is 0.0578 e. The number of hydrogen-bond donors (Lipinski definition) is 0. The van der Waals surface area contributed by atoms with Crippen LogP contribution in [0.4, 0.5) is 0 Å². The molecular weight excluding hydrogens is 326 g/mol. The zero-order chi connectivity index (χ0) is 19.4. The highest BCUT2D eigenvalue weighted by molar-refractivity contribution is 6.11. The van der Waals surface area contributed by atoms with E-state index in [-0.39, 0.29) is 10.8 Å². The molecule has 0 fully saturated rings. The van der Waals surface area contributed by atoms with Crippen LogP contribution in [0.1, 0.15) is 52.7 Å². The van der Waals surface area contributed by atoms with Gasteiger partial charge in [0, 0.05) is 16.5 Å². The summed E-state index contributed by atoms with van der Waals surface area (Å²) in [4.78, 5) is 0. The van der Waals surface area contributed by atoms with E-state index in [4.69, 9.17) is 0 Å². The zero-order valence-corrected chi connectivity index (χ0v) is 17.3. The van der Waals surface area contributed by atoms with Gasteiger partial charge in [-0.05, 0) is 34.1 Å². The van der Waals surface area contributed by atoms with Crippen molar-refractivity contribution < 1.29 is 0 Å². The molecule has 1 aromatic heterocycles. The van der Waals surface area contributed by atoms with Crippen molar-refractivity contribution in [1.82, 2.24) is 4.57 Å². The topological polar surface area (TPSA) is 4.93 Å². The molecule has 0 N–H and O–H groups in total. The van der Waals surface area contributed by atoms with Gasteiger partial charge in [0.1, 0.15) is 0 Å². The standard InChI is InChI=1S/C26H29N/c1-25(2,3)21-16-10-14-19-20-15-11-17-22(26(4,5)6)24(20)27(23(19)21)18-12-8-7-9-13-18/h7-17H,1-6H3. The number of benzene rings is 3. The van der Waals surface area contributed by atoms with Gasteiger partial charge in [0.25, 0.3) is 0 Å². The third-order valence-electron chi connectivity index (χ3n) is 5.44. The predicted molar refractivity (Wildman–Crippen MR) is 118 cm³/mol. The lowest BCUT2D eigenvalue weighted by molar-refractivity contribution is 0.591. The molecule has 3 aromatic carbocycles. The highest BCUT2D eigenvalue weighted by Crippen LogP contribution is 2.41. The zero-order valence-electron chi connectivity index (χ0n) is 17.3. The maximum absolute atomic E-state index is 2.49. The van der Waals surface area contributed by atoms with Crippen LogP contribution in [0.5, 0.6) is 0 Å². The smallest absolute Gasteiger partial charge is 0.0578 e. The third-order valence-corrected chi connectivity index (χ3v) is 5.44. The largest absolute Gasteiger partial charge is 0.309 e.